The third-order valence-electron chi connectivity index (χ3n) is 1.32. The third kappa shape index (κ3) is 5.54. The molecule has 0 aliphatic heterocycles. The number of nitrogens with one attached hydrogen (secondary N) is 1. The van der Waals surface area contributed by atoms with E-state index in [1.165, 1.54) is 0 Å². The van der Waals surface area contributed by atoms with E-state index in [1.807, 2.05) is 13.0 Å². The lowest BCUT2D eigenvalue weighted by molar-refractivity contribution is 0.277. The van der Waals surface area contributed by atoms with Gasteiger partial charge in [0.1, 0.15) is 0 Å². The van der Waals surface area contributed by atoms with Gasteiger partial charge in [0.2, 0.25) is 0 Å². The molecule has 0 saturated heterocycles. The number of hydrogen-bond acceptors (Lipinski definition) is 3. The maximum absolute atomic E-state index is 8.45. The largest absolute Gasteiger partial charge is 0.396 e. The molecule has 0 aliphatic carbocycles. The first-order valence-electron chi connectivity index (χ1n) is 3.52. The molecule has 0 heterocycles. The highest BCUT2D eigenvalue weighted by molar-refractivity contribution is 4.75. The van der Waals surface area contributed by atoms with E-state index >= 15 is 0 Å². The Balaban J connectivity index is 3.10. The number of rotatable bonds is 5. The van der Waals surface area contributed by atoms with Gasteiger partial charge in [0.05, 0.1) is 12.6 Å². The number of aliphatic hydroxyl groups excluding tert-OH is 1. The Bertz CT molecular complexity index is 109. The van der Waals surface area contributed by atoms with Gasteiger partial charge in [-0.2, -0.15) is 5.26 Å². The summed E-state index contributed by atoms with van der Waals surface area (Å²) in [7, 11) is 0. The SMILES string of the molecule is CC(CCCO)NCC#N. The first-order valence-corrected chi connectivity index (χ1v) is 3.52. The van der Waals surface area contributed by atoms with Gasteiger partial charge in [0.25, 0.3) is 0 Å². The smallest absolute Gasteiger partial charge is 0.0842 e. The molecule has 1 unspecified atom stereocenters. The van der Waals surface area contributed by atoms with E-state index in [0.717, 1.165) is 12.8 Å². The van der Waals surface area contributed by atoms with Crippen molar-refractivity contribution in [2.45, 2.75) is 25.8 Å². The second-order valence-electron chi connectivity index (χ2n) is 2.31. The summed E-state index contributed by atoms with van der Waals surface area (Å²) in [4.78, 5) is 0. The fourth-order valence-electron chi connectivity index (χ4n) is 0.719. The van der Waals surface area contributed by atoms with E-state index in [2.05, 4.69) is 5.32 Å². The van der Waals surface area contributed by atoms with Crippen LogP contribution in [0.2, 0.25) is 0 Å². The van der Waals surface area contributed by atoms with E-state index in [0.29, 0.717) is 12.6 Å². The summed E-state index contributed by atoms with van der Waals surface area (Å²) >= 11 is 0. The molecule has 0 aromatic rings. The molecular weight excluding hydrogens is 128 g/mol. The van der Waals surface area contributed by atoms with Crippen molar-refractivity contribution >= 4 is 0 Å². The second-order valence-corrected chi connectivity index (χ2v) is 2.31. The lowest BCUT2D eigenvalue weighted by atomic mass is 10.2. The van der Waals surface area contributed by atoms with Crippen LogP contribution < -0.4 is 5.32 Å². The molecule has 10 heavy (non-hydrogen) atoms. The van der Waals surface area contributed by atoms with Crippen LogP contribution in [0.4, 0.5) is 0 Å². The fourth-order valence-corrected chi connectivity index (χ4v) is 0.719. The van der Waals surface area contributed by atoms with Gasteiger partial charge in [-0.1, -0.05) is 0 Å². The maximum atomic E-state index is 8.45. The zero-order chi connectivity index (χ0) is 7.82. The van der Waals surface area contributed by atoms with Gasteiger partial charge in [-0.3, -0.25) is 0 Å². The molecule has 3 heteroatoms. The Morgan fingerprint density at radius 3 is 2.90 bits per heavy atom. The molecule has 0 aromatic carbocycles. The van der Waals surface area contributed by atoms with Crippen LogP contribution in [0.25, 0.3) is 0 Å². The van der Waals surface area contributed by atoms with Gasteiger partial charge >= 0.3 is 0 Å². The Kier molecular flexibility index (Phi) is 6.14. The van der Waals surface area contributed by atoms with Crippen LogP contribution in [0.5, 0.6) is 0 Å². The van der Waals surface area contributed by atoms with Crippen molar-refractivity contribution in [3.8, 4) is 6.07 Å². The average molecular weight is 142 g/mol. The van der Waals surface area contributed by atoms with E-state index in [-0.39, 0.29) is 6.61 Å². The van der Waals surface area contributed by atoms with Crippen LogP contribution in [-0.2, 0) is 0 Å². The highest BCUT2D eigenvalue weighted by atomic mass is 16.2. The molecule has 0 radical (unpaired) electrons. The molecule has 0 spiro atoms. The van der Waals surface area contributed by atoms with Crippen molar-refractivity contribution in [2.24, 2.45) is 0 Å². The maximum Gasteiger partial charge on any atom is 0.0842 e. The highest BCUT2D eigenvalue weighted by Crippen LogP contribution is 1.93. The topological polar surface area (TPSA) is 56.0 Å². The predicted molar refractivity (Wildman–Crippen MR) is 39.4 cm³/mol. The summed E-state index contributed by atoms with van der Waals surface area (Å²) in [6.07, 6.45) is 1.73. The first kappa shape index (κ1) is 9.41. The number of nitrogens with zero attached hydrogens (tertiary/aromatic N) is 1. The summed E-state index contributed by atoms with van der Waals surface area (Å²) in [5, 5.41) is 19.6. The zero-order valence-electron chi connectivity index (χ0n) is 6.30. The fraction of sp³-hybridized carbons (Fsp3) is 0.857. The number of nitriles is 1. The molecule has 1 atom stereocenters. The summed E-state index contributed by atoms with van der Waals surface area (Å²) < 4.78 is 0. The Labute approximate surface area is 61.7 Å². The van der Waals surface area contributed by atoms with Crippen molar-refractivity contribution < 1.29 is 5.11 Å². The number of hydrogen-bond donors (Lipinski definition) is 2. The molecule has 0 amide bonds. The van der Waals surface area contributed by atoms with Crippen molar-refractivity contribution in [1.82, 2.24) is 5.32 Å². The molecule has 2 N–H and O–H groups in total. The monoisotopic (exact) mass is 142 g/mol. The van der Waals surface area contributed by atoms with Crippen LogP contribution in [0.15, 0.2) is 0 Å². The summed E-state index contributed by atoms with van der Waals surface area (Å²) in [6, 6.07) is 2.34. The summed E-state index contributed by atoms with van der Waals surface area (Å²) in [6.45, 7) is 2.64. The molecule has 0 rings (SSSR count). The Hall–Kier alpha value is -0.590. The quantitative estimate of drug-likeness (QED) is 0.541. The van der Waals surface area contributed by atoms with Crippen LogP contribution >= 0.6 is 0 Å². The van der Waals surface area contributed by atoms with Gasteiger partial charge in [0, 0.05) is 12.6 Å². The van der Waals surface area contributed by atoms with Crippen molar-refractivity contribution in [3.63, 3.8) is 0 Å². The molecule has 58 valence electrons. The minimum absolute atomic E-state index is 0.235. The first-order chi connectivity index (χ1) is 4.81. The highest BCUT2D eigenvalue weighted by Gasteiger charge is 1.97. The van der Waals surface area contributed by atoms with Gasteiger partial charge in [-0.25, -0.2) is 0 Å². The molecule has 0 bridgehead atoms. The van der Waals surface area contributed by atoms with Crippen molar-refractivity contribution in [2.75, 3.05) is 13.2 Å². The second kappa shape index (κ2) is 6.53. The van der Waals surface area contributed by atoms with Gasteiger partial charge in [0.15, 0.2) is 0 Å². The lowest BCUT2D eigenvalue weighted by Crippen LogP contribution is -2.26. The summed E-state index contributed by atoms with van der Waals surface area (Å²) in [5.74, 6) is 0. The Morgan fingerprint density at radius 2 is 2.40 bits per heavy atom. The minimum Gasteiger partial charge on any atom is -0.396 e. The number of aliphatic hydroxyl groups is 1. The van der Waals surface area contributed by atoms with E-state index in [9.17, 15) is 0 Å². The van der Waals surface area contributed by atoms with E-state index in [1.54, 1.807) is 0 Å². The van der Waals surface area contributed by atoms with E-state index in [4.69, 9.17) is 10.4 Å². The van der Waals surface area contributed by atoms with Gasteiger partial charge in [-0.15, -0.1) is 0 Å². The normalized spacial score (nSPS) is 12.5. The minimum atomic E-state index is 0.235. The molecule has 3 nitrogen and oxygen atoms in total. The third-order valence-corrected chi connectivity index (χ3v) is 1.32. The van der Waals surface area contributed by atoms with Gasteiger partial charge < -0.3 is 10.4 Å². The van der Waals surface area contributed by atoms with Crippen LogP contribution in [0, 0.1) is 11.3 Å². The van der Waals surface area contributed by atoms with E-state index < -0.39 is 0 Å². The molecule has 0 aliphatic rings. The molecular formula is C7H14N2O. The average Bonchev–Trinajstić information content (AvgIpc) is 1.97. The van der Waals surface area contributed by atoms with Crippen LogP contribution in [0.3, 0.4) is 0 Å². The Morgan fingerprint density at radius 1 is 1.70 bits per heavy atom. The molecule has 0 saturated carbocycles. The van der Waals surface area contributed by atoms with Crippen molar-refractivity contribution in [1.29, 1.82) is 5.26 Å². The lowest BCUT2D eigenvalue weighted by Gasteiger charge is -2.08. The predicted octanol–water partition coefficient (Wildman–Crippen LogP) is 0.261. The molecule has 0 fully saturated rings. The zero-order valence-corrected chi connectivity index (χ0v) is 6.30. The van der Waals surface area contributed by atoms with Gasteiger partial charge in [-0.05, 0) is 19.8 Å². The summed E-state index contributed by atoms with van der Waals surface area (Å²) in [5.41, 5.74) is 0. The van der Waals surface area contributed by atoms with Crippen LogP contribution in [0.1, 0.15) is 19.8 Å². The standard InChI is InChI=1S/C7H14N2O/c1-7(3-2-6-10)9-5-4-8/h7,9-10H,2-3,5-6H2,1H3. The molecule has 0 aromatic heterocycles. The van der Waals surface area contributed by atoms with Crippen molar-refractivity contribution in [3.05, 3.63) is 0 Å². The van der Waals surface area contributed by atoms with Crippen LogP contribution in [-0.4, -0.2) is 24.3 Å².